The highest BCUT2D eigenvalue weighted by atomic mass is 16.6. The van der Waals surface area contributed by atoms with E-state index in [-0.39, 0.29) is 18.0 Å². The van der Waals surface area contributed by atoms with Gasteiger partial charge in [-0.3, -0.25) is 9.69 Å². The second-order valence-electron chi connectivity index (χ2n) is 5.90. The van der Waals surface area contributed by atoms with Gasteiger partial charge in [-0.1, -0.05) is 13.8 Å². The van der Waals surface area contributed by atoms with Crippen LogP contribution in [0.5, 0.6) is 0 Å². The minimum Gasteiger partial charge on any atom is -0.449 e. The largest absolute Gasteiger partial charge is 0.449 e. The van der Waals surface area contributed by atoms with E-state index in [2.05, 4.69) is 5.32 Å². The highest BCUT2D eigenvalue weighted by molar-refractivity contribution is 5.86. The minimum absolute atomic E-state index is 0.0745. The molecule has 2 saturated heterocycles. The van der Waals surface area contributed by atoms with E-state index in [0.29, 0.717) is 19.1 Å². The van der Waals surface area contributed by atoms with Crippen LogP contribution >= 0.6 is 0 Å². The van der Waals surface area contributed by atoms with Gasteiger partial charge in [0.25, 0.3) is 0 Å². The molecule has 1 unspecified atom stereocenters. The maximum absolute atomic E-state index is 12.5. The first-order chi connectivity index (χ1) is 9.59. The van der Waals surface area contributed by atoms with E-state index < -0.39 is 0 Å². The van der Waals surface area contributed by atoms with Crippen LogP contribution in [0.1, 0.15) is 26.7 Å². The molecule has 1 N–H and O–H groups in total. The fraction of sp³-hybridized carbons (Fsp3) is 0.857. The van der Waals surface area contributed by atoms with E-state index in [4.69, 9.17) is 4.74 Å². The van der Waals surface area contributed by atoms with Crippen molar-refractivity contribution in [2.24, 2.45) is 5.92 Å². The first kappa shape index (κ1) is 15.1. The molecule has 0 bridgehead atoms. The summed E-state index contributed by atoms with van der Waals surface area (Å²) in [5, 5.41) is 3.23. The van der Waals surface area contributed by atoms with E-state index in [0.717, 1.165) is 39.0 Å². The first-order valence-electron chi connectivity index (χ1n) is 7.52. The summed E-state index contributed by atoms with van der Waals surface area (Å²) in [5.41, 5.74) is 0. The van der Waals surface area contributed by atoms with E-state index in [1.54, 1.807) is 4.90 Å². The molecule has 6 heteroatoms. The van der Waals surface area contributed by atoms with Crippen molar-refractivity contribution in [2.45, 2.75) is 32.7 Å². The summed E-state index contributed by atoms with van der Waals surface area (Å²) in [6.45, 7) is 8.14. The number of rotatable bonds is 3. The van der Waals surface area contributed by atoms with E-state index in [1.807, 2.05) is 18.7 Å². The lowest BCUT2D eigenvalue weighted by Crippen LogP contribution is -2.53. The molecule has 20 heavy (non-hydrogen) atoms. The lowest BCUT2D eigenvalue weighted by Gasteiger charge is -2.32. The number of ether oxygens (including phenoxy) is 1. The molecular formula is C14H25N3O3. The Balaban J connectivity index is 1.92. The third kappa shape index (κ3) is 3.62. The van der Waals surface area contributed by atoms with Crippen LogP contribution in [-0.2, 0) is 9.53 Å². The van der Waals surface area contributed by atoms with Crippen molar-refractivity contribution in [1.82, 2.24) is 15.1 Å². The number of carbonyl (C=O) groups is 2. The fourth-order valence-electron chi connectivity index (χ4n) is 2.66. The number of amides is 2. The van der Waals surface area contributed by atoms with Gasteiger partial charge in [0.2, 0.25) is 5.91 Å². The SMILES string of the molecule is CC(C)COC(=O)N1CCCC1C(=O)N1CCNCC1. The smallest absolute Gasteiger partial charge is 0.410 e. The van der Waals surface area contributed by atoms with Crippen molar-refractivity contribution in [1.29, 1.82) is 0 Å². The van der Waals surface area contributed by atoms with Crippen LogP contribution in [-0.4, -0.2) is 67.2 Å². The summed E-state index contributed by atoms with van der Waals surface area (Å²) in [7, 11) is 0. The van der Waals surface area contributed by atoms with E-state index in [1.165, 1.54) is 0 Å². The summed E-state index contributed by atoms with van der Waals surface area (Å²) in [5.74, 6) is 0.384. The Morgan fingerprint density at radius 1 is 1.25 bits per heavy atom. The van der Waals surface area contributed by atoms with Crippen LogP contribution < -0.4 is 5.32 Å². The molecule has 0 saturated carbocycles. The van der Waals surface area contributed by atoms with Crippen molar-refractivity contribution in [3.63, 3.8) is 0 Å². The molecule has 2 amide bonds. The van der Waals surface area contributed by atoms with Crippen LogP contribution in [0.15, 0.2) is 0 Å². The Kier molecular flexibility index (Phi) is 5.23. The molecule has 0 aromatic carbocycles. The molecule has 0 aromatic heterocycles. The van der Waals surface area contributed by atoms with E-state index >= 15 is 0 Å². The fourth-order valence-corrected chi connectivity index (χ4v) is 2.66. The minimum atomic E-state index is -0.343. The van der Waals surface area contributed by atoms with Crippen molar-refractivity contribution in [3.8, 4) is 0 Å². The third-order valence-corrected chi connectivity index (χ3v) is 3.74. The van der Waals surface area contributed by atoms with Gasteiger partial charge >= 0.3 is 6.09 Å². The zero-order valence-corrected chi connectivity index (χ0v) is 12.4. The van der Waals surface area contributed by atoms with Gasteiger partial charge in [-0.05, 0) is 18.8 Å². The normalized spacial score (nSPS) is 23.2. The summed E-state index contributed by atoms with van der Waals surface area (Å²) in [4.78, 5) is 28.0. The molecule has 0 aromatic rings. The molecule has 0 radical (unpaired) electrons. The Bertz CT molecular complexity index is 354. The summed E-state index contributed by atoms with van der Waals surface area (Å²) < 4.78 is 5.26. The number of nitrogens with one attached hydrogen (secondary N) is 1. The summed E-state index contributed by atoms with van der Waals surface area (Å²) in [6, 6.07) is -0.326. The molecular weight excluding hydrogens is 258 g/mol. The van der Waals surface area contributed by atoms with E-state index in [9.17, 15) is 9.59 Å². The zero-order valence-electron chi connectivity index (χ0n) is 12.4. The second kappa shape index (κ2) is 6.92. The van der Waals surface area contributed by atoms with Gasteiger partial charge in [0.1, 0.15) is 6.04 Å². The van der Waals surface area contributed by atoms with Crippen LogP contribution in [0, 0.1) is 5.92 Å². The molecule has 2 aliphatic heterocycles. The Hall–Kier alpha value is -1.30. The summed E-state index contributed by atoms with van der Waals surface area (Å²) >= 11 is 0. The quantitative estimate of drug-likeness (QED) is 0.827. The molecule has 0 aliphatic carbocycles. The van der Waals surface area contributed by atoms with Crippen LogP contribution in [0.3, 0.4) is 0 Å². The topological polar surface area (TPSA) is 61.9 Å². The molecule has 1 atom stereocenters. The Labute approximate surface area is 120 Å². The molecule has 0 spiro atoms. The second-order valence-corrected chi connectivity index (χ2v) is 5.90. The highest BCUT2D eigenvalue weighted by Crippen LogP contribution is 2.20. The average Bonchev–Trinajstić information content (AvgIpc) is 2.94. The maximum atomic E-state index is 12.5. The number of likely N-dealkylation sites (tertiary alicyclic amines) is 1. The Morgan fingerprint density at radius 3 is 2.60 bits per heavy atom. The third-order valence-electron chi connectivity index (χ3n) is 3.74. The monoisotopic (exact) mass is 283 g/mol. The van der Waals surface area contributed by atoms with Crippen molar-refractivity contribution < 1.29 is 14.3 Å². The van der Waals surface area contributed by atoms with Gasteiger partial charge in [-0.25, -0.2) is 4.79 Å². The first-order valence-corrected chi connectivity index (χ1v) is 7.52. The zero-order chi connectivity index (χ0) is 14.5. The number of piperazine rings is 1. The standard InChI is InChI=1S/C14H25N3O3/c1-11(2)10-20-14(19)17-7-3-4-12(17)13(18)16-8-5-15-6-9-16/h11-12,15H,3-10H2,1-2H3. The highest BCUT2D eigenvalue weighted by Gasteiger charge is 2.37. The molecule has 2 fully saturated rings. The number of hydrogen-bond acceptors (Lipinski definition) is 4. The van der Waals surface area contributed by atoms with Crippen LogP contribution in [0.2, 0.25) is 0 Å². The van der Waals surface area contributed by atoms with Crippen LogP contribution in [0.4, 0.5) is 4.79 Å². The van der Waals surface area contributed by atoms with Crippen LogP contribution in [0.25, 0.3) is 0 Å². The number of hydrogen-bond donors (Lipinski definition) is 1. The van der Waals surface area contributed by atoms with Crippen molar-refractivity contribution in [3.05, 3.63) is 0 Å². The molecule has 6 nitrogen and oxygen atoms in total. The maximum Gasteiger partial charge on any atom is 0.410 e. The van der Waals surface area contributed by atoms with Gasteiger partial charge in [0.15, 0.2) is 0 Å². The predicted molar refractivity (Wildman–Crippen MR) is 75.4 cm³/mol. The lowest BCUT2D eigenvalue weighted by atomic mass is 10.2. The lowest BCUT2D eigenvalue weighted by molar-refractivity contribution is -0.136. The van der Waals surface area contributed by atoms with Gasteiger partial charge in [-0.2, -0.15) is 0 Å². The predicted octanol–water partition coefficient (Wildman–Crippen LogP) is 0.675. The van der Waals surface area contributed by atoms with Gasteiger partial charge in [0, 0.05) is 32.7 Å². The average molecular weight is 283 g/mol. The molecule has 2 heterocycles. The van der Waals surface area contributed by atoms with Gasteiger partial charge < -0.3 is 15.0 Å². The molecule has 2 aliphatic rings. The summed E-state index contributed by atoms with van der Waals surface area (Å²) in [6.07, 6.45) is 1.28. The molecule has 114 valence electrons. The van der Waals surface area contributed by atoms with Gasteiger partial charge in [-0.15, -0.1) is 0 Å². The van der Waals surface area contributed by atoms with Crippen molar-refractivity contribution >= 4 is 12.0 Å². The number of carbonyl (C=O) groups excluding carboxylic acids is 2. The van der Waals surface area contributed by atoms with Gasteiger partial charge in [0.05, 0.1) is 6.61 Å². The number of nitrogens with zero attached hydrogens (tertiary/aromatic N) is 2. The van der Waals surface area contributed by atoms with Crippen molar-refractivity contribution in [2.75, 3.05) is 39.3 Å². The molecule has 2 rings (SSSR count). The Morgan fingerprint density at radius 2 is 1.95 bits per heavy atom.